The zero-order valence-electron chi connectivity index (χ0n) is 8.66. The first-order valence-electron chi connectivity index (χ1n) is 4.64. The van der Waals surface area contributed by atoms with Gasteiger partial charge in [0.25, 0.3) is 0 Å². The molecule has 0 saturated heterocycles. The van der Waals surface area contributed by atoms with Gasteiger partial charge in [0.15, 0.2) is 0 Å². The van der Waals surface area contributed by atoms with Crippen molar-refractivity contribution >= 4 is 0 Å². The standard InChI is InChI=1S/C10H18N2O/c1-5-13-12-7-6-11(8-12)10(4)9(2)3/h6-7,10H,2,5,8H2,1,3-4H3. The van der Waals surface area contributed by atoms with Gasteiger partial charge in [-0.25, -0.2) is 5.06 Å². The average Bonchev–Trinajstić information content (AvgIpc) is 2.52. The van der Waals surface area contributed by atoms with Crippen molar-refractivity contribution in [2.45, 2.75) is 26.8 Å². The molecule has 0 aromatic heterocycles. The summed E-state index contributed by atoms with van der Waals surface area (Å²) in [6.45, 7) is 11.6. The van der Waals surface area contributed by atoms with Gasteiger partial charge in [-0.15, -0.1) is 0 Å². The van der Waals surface area contributed by atoms with Crippen LogP contribution in [-0.4, -0.2) is 29.3 Å². The van der Waals surface area contributed by atoms with Gasteiger partial charge in [-0.1, -0.05) is 12.2 Å². The van der Waals surface area contributed by atoms with E-state index in [-0.39, 0.29) is 0 Å². The highest BCUT2D eigenvalue weighted by Gasteiger charge is 2.17. The largest absolute Gasteiger partial charge is 0.350 e. The van der Waals surface area contributed by atoms with Gasteiger partial charge in [0.2, 0.25) is 0 Å². The summed E-state index contributed by atoms with van der Waals surface area (Å²) in [7, 11) is 0. The fourth-order valence-electron chi connectivity index (χ4n) is 1.20. The van der Waals surface area contributed by atoms with Crippen LogP contribution in [0.2, 0.25) is 0 Å². The van der Waals surface area contributed by atoms with Gasteiger partial charge in [-0.05, 0) is 20.8 Å². The van der Waals surface area contributed by atoms with Crippen LogP contribution in [0.5, 0.6) is 0 Å². The van der Waals surface area contributed by atoms with E-state index < -0.39 is 0 Å². The summed E-state index contributed by atoms with van der Waals surface area (Å²) in [4.78, 5) is 7.53. The molecule has 1 heterocycles. The molecule has 0 bridgehead atoms. The summed E-state index contributed by atoms with van der Waals surface area (Å²) < 4.78 is 0. The third kappa shape index (κ3) is 2.49. The van der Waals surface area contributed by atoms with Gasteiger partial charge >= 0.3 is 0 Å². The fraction of sp³-hybridized carbons (Fsp3) is 0.600. The Morgan fingerprint density at radius 1 is 1.62 bits per heavy atom. The van der Waals surface area contributed by atoms with Gasteiger partial charge in [0.1, 0.15) is 6.67 Å². The zero-order valence-corrected chi connectivity index (χ0v) is 8.66. The molecule has 0 aliphatic carbocycles. The molecule has 3 nitrogen and oxygen atoms in total. The molecule has 0 amide bonds. The maximum atomic E-state index is 5.34. The van der Waals surface area contributed by atoms with Crippen LogP contribution in [0, 0.1) is 0 Å². The highest BCUT2D eigenvalue weighted by molar-refractivity contribution is 5.04. The van der Waals surface area contributed by atoms with Gasteiger partial charge in [-0.3, -0.25) is 4.84 Å². The maximum absolute atomic E-state index is 5.34. The van der Waals surface area contributed by atoms with Crippen molar-refractivity contribution in [3.8, 4) is 0 Å². The van der Waals surface area contributed by atoms with Crippen LogP contribution in [0.25, 0.3) is 0 Å². The molecule has 1 aliphatic rings. The lowest BCUT2D eigenvalue weighted by atomic mass is 10.2. The number of hydrogen-bond donors (Lipinski definition) is 0. The third-order valence-corrected chi connectivity index (χ3v) is 2.23. The van der Waals surface area contributed by atoms with E-state index in [0.29, 0.717) is 12.6 Å². The van der Waals surface area contributed by atoms with Crippen LogP contribution in [0.15, 0.2) is 24.6 Å². The van der Waals surface area contributed by atoms with Crippen molar-refractivity contribution in [2.75, 3.05) is 13.3 Å². The lowest BCUT2D eigenvalue weighted by Gasteiger charge is -2.26. The summed E-state index contributed by atoms with van der Waals surface area (Å²) in [5, 5.41) is 1.83. The smallest absolute Gasteiger partial charge is 0.116 e. The second-order valence-electron chi connectivity index (χ2n) is 3.31. The van der Waals surface area contributed by atoms with Gasteiger partial charge in [0.05, 0.1) is 6.61 Å². The number of hydrogen-bond acceptors (Lipinski definition) is 3. The van der Waals surface area contributed by atoms with E-state index in [1.807, 2.05) is 31.3 Å². The van der Waals surface area contributed by atoms with E-state index in [0.717, 1.165) is 6.67 Å². The average molecular weight is 182 g/mol. The van der Waals surface area contributed by atoms with Gasteiger partial charge in [-0.2, -0.15) is 0 Å². The van der Waals surface area contributed by atoms with Crippen LogP contribution in [0.1, 0.15) is 20.8 Å². The Labute approximate surface area is 80.2 Å². The predicted octanol–water partition coefficient (Wildman–Crippen LogP) is 1.95. The second-order valence-corrected chi connectivity index (χ2v) is 3.31. The Morgan fingerprint density at radius 3 is 2.85 bits per heavy atom. The van der Waals surface area contributed by atoms with Gasteiger partial charge in [0, 0.05) is 18.4 Å². The number of rotatable bonds is 4. The van der Waals surface area contributed by atoms with Crippen molar-refractivity contribution < 1.29 is 4.84 Å². The fourth-order valence-corrected chi connectivity index (χ4v) is 1.20. The van der Waals surface area contributed by atoms with Crippen molar-refractivity contribution in [3.05, 3.63) is 24.6 Å². The Kier molecular flexibility index (Phi) is 3.37. The monoisotopic (exact) mass is 182 g/mol. The molecule has 1 unspecified atom stereocenters. The third-order valence-electron chi connectivity index (χ3n) is 2.23. The van der Waals surface area contributed by atoms with E-state index in [1.54, 1.807) is 0 Å². The second kappa shape index (κ2) is 4.33. The molecule has 1 atom stereocenters. The highest BCUT2D eigenvalue weighted by Crippen LogP contribution is 2.14. The van der Waals surface area contributed by atoms with E-state index in [9.17, 15) is 0 Å². The maximum Gasteiger partial charge on any atom is 0.116 e. The molecule has 0 saturated carbocycles. The van der Waals surface area contributed by atoms with E-state index in [4.69, 9.17) is 4.84 Å². The summed E-state index contributed by atoms with van der Waals surface area (Å²) in [5.41, 5.74) is 1.17. The minimum absolute atomic E-state index is 0.377. The summed E-state index contributed by atoms with van der Waals surface area (Å²) >= 11 is 0. The molecule has 13 heavy (non-hydrogen) atoms. The summed E-state index contributed by atoms with van der Waals surface area (Å²) in [6, 6.07) is 0.377. The van der Waals surface area contributed by atoms with Crippen LogP contribution >= 0.6 is 0 Å². The van der Waals surface area contributed by atoms with Crippen LogP contribution in [-0.2, 0) is 4.84 Å². The SMILES string of the molecule is C=C(C)C(C)N1C=CN(OCC)C1. The molecule has 0 N–H and O–H groups in total. The van der Waals surface area contributed by atoms with Crippen molar-refractivity contribution in [2.24, 2.45) is 0 Å². The van der Waals surface area contributed by atoms with Crippen LogP contribution < -0.4 is 0 Å². The Hall–Kier alpha value is -0.960. The van der Waals surface area contributed by atoms with Crippen molar-refractivity contribution in [1.82, 2.24) is 9.96 Å². The molecule has 0 aromatic rings. The van der Waals surface area contributed by atoms with Crippen molar-refractivity contribution in [3.63, 3.8) is 0 Å². The first-order chi connectivity index (χ1) is 6.15. The Balaban J connectivity index is 2.42. The first kappa shape index (κ1) is 10.1. The molecular weight excluding hydrogens is 164 g/mol. The lowest BCUT2D eigenvalue weighted by molar-refractivity contribution is -0.125. The molecule has 0 spiro atoms. The molecule has 1 rings (SSSR count). The normalized spacial score (nSPS) is 18.1. The lowest BCUT2D eigenvalue weighted by Crippen LogP contribution is -2.32. The first-order valence-corrected chi connectivity index (χ1v) is 4.64. The molecule has 0 aromatic carbocycles. The molecule has 0 fully saturated rings. The number of hydroxylamine groups is 2. The molecular formula is C10H18N2O. The Bertz CT molecular complexity index is 213. The van der Waals surface area contributed by atoms with Crippen LogP contribution in [0.4, 0.5) is 0 Å². The zero-order chi connectivity index (χ0) is 9.84. The summed E-state index contributed by atoms with van der Waals surface area (Å²) in [6.07, 6.45) is 3.98. The molecule has 3 heteroatoms. The topological polar surface area (TPSA) is 15.7 Å². The van der Waals surface area contributed by atoms with E-state index in [1.165, 1.54) is 5.57 Å². The molecule has 0 radical (unpaired) electrons. The highest BCUT2D eigenvalue weighted by atomic mass is 16.7. The summed E-state index contributed by atoms with van der Waals surface area (Å²) in [5.74, 6) is 0. The molecule has 1 aliphatic heterocycles. The predicted molar refractivity (Wildman–Crippen MR) is 53.6 cm³/mol. The Morgan fingerprint density at radius 2 is 2.31 bits per heavy atom. The quantitative estimate of drug-likeness (QED) is 0.618. The number of nitrogens with zero attached hydrogens (tertiary/aromatic N) is 2. The van der Waals surface area contributed by atoms with Crippen molar-refractivity contribution in [1.29, 1.82) is 0 Å². The molecule has 74 valence electrons. The minimum Gasteiger partial charge on any atom is -0.350 e. The van der Waals surface area contributed by atoms with Gasteiger partial charge < -0.3 is 4.90 Å². The van der Waals surface area contributed by atoms with Crippen LogP contribution in [0.3, 0.4) is 0 Å². The minimum atomic E-state index is 0.377. The van der Waals surface area contributed by atoms with E-state index in [2.05, 4.69) is 18.4 Å². The van der Waals surface area contributed by atoms with E-state index >= 15 is 0 Å².